The molecule has 1 heterocycles. The summed E-state index contributed by atoms with van der Waals surface area (Å²) in [6, 6.07) is 4.32. The Labute approximate surface area is 220 Å². The molecule has 0 aliphatic carbocycles. The summed E-state index contributed by atoms with van der Waals surface area (Å²) in [5, 5.41) is 32.4. The number of rotatable bonds is 11. The Hall–Kier alpha value is -3.51. The van der Waals surface area contributed by atoms with Gasteiger partial charge < -0.3 is 35.3 Å². The van der Waals surface area contributed by atoms with Gasteiger partial charge in [-0.3, -0.25) is 9.59 Å². The quantitative estimate of drug-likeness (QED) is 0.292. The predicted molar refractivity (Wildman–Crippen MR) is 138 cm³/mol. The van der Waals surface area contributed by atoms with Crippen molar-refractivity contribution in [1.29, 1.82) is 0 Å². The molecule has 0 spiro atoms. The van der Waals surface area contributed by atoms with Crippen LogP contribution < -0.4 is 10.9 Å². The summed E-state index contributed by atoms with van der Waals surface area (Å²) in [7, 11) is 1.44. The van der Waals surface area contributed by atoms with Crippen molar-refractivity contribution >= 4 is 12.0 Å². The van der Waals surface area contributed by atoms with E-state index in [0.29, 0.717) is 11.1 Å². The molecular weight excluding hydrogens is 499 g/mol. The number of carboxylic acid groups (broad SMARTS) is 1. The summed E-state index contributed by atoms with van der Waals surface area (Å²) < 4.78 is 18.9. The number of H-pyrrole nitrogens is 1. The number of aryl methyl sites for hydroxylation is 1. The van der Waals surface area contributed by atoms with E-state index in [1.807, 2.05) is 0 Å². The van der Waals surface area contributed by atoms with Gasteiger partial charge >= 0.3 is 6.09 Å². The molecule has 2 unspecified atom stereocenters. The van der Waals surface area contributed by atoms with E-state index in [1.165, 1.54) is 24.1 Å². The topological polar surface area (TPSA) is 165 Å². The second kappa shape index (κ2) is 12.4. The zero-order valence-electron chi connectivity index (χ0n) is 22.6. The maximum Gasteiger partial charge on any atom is 0.407 e. The summed E-state index contributed by atoms with van der Waals surface area (Å²) in [6.07, 6.45) is -0.681. The first-order valence-electron chi connectivity index (χ1n) is 12.1. The zero-order valence-corrected chi connectivity index (χ0v) is 22.6. The second-order valence-corrected chi connectivity index (χ2v) is 10.5. The lowest BCUT2D eigenvalue weighted by Gasteiger charge is -2.36. The van der Waals surface area contributed by atoms with Gasteiger partial charge in [-0.1, -0.05) is 12.1 Å². The van der Waals surface area contributed by atoms with Crippen LogP contribution in [0.4, 0.5) is 9.18 Å². The minimum absolute atomic E-state index is 0.00229. The predicted octanol–water partition coefficient (Wildman–Crippen LogP) is 2.89. The third-order valence-corrected chi connectivity index (χ3v) is 6.48. The lowest BCUT2D eigenvalue weighted by atomic mass is 9.91. The molecule has 2 aromatic rings. The van der Waals surface area contributed by atoms with E-state index < -0.39 is 46.1 Å². The number of aromatic nitrogens is 2. The molecule has 210 valence electrons. The number of aromatic hydroxyl groups is 1. The molecule has 11 nitrogen and oxygen atoms in total. The highest BCUT2D eigenvalue weighted by Crippen LogP contribution is 2.28. The van der Waals surface area contributed by atoms with Gasteiger partial charge in [0.1, 0.15) is 11.6 Å². The number of aliphatic hydroxyl groups excluding tert-OH is 1. The third kappa shape index (κ3) is 7.75. The molecule has 0 radical (unpaired) electrons. The molecule has 0 aliphatic heterocycles. The van der Waals surface area contributed by atoms with Crippen LogP contribution in [0.15, 0.2) is 23.0 Å². The molecule has 1 aromatic carbocycles. The van der Waals surface area contributed by atoms with Crippen molar-refractivity contribution in [3.63, 3.8) is 0 Å². The Kier molecular flexibility index (Phi) is 9.99. The van der Waals surface area contributed by atoms with Crippen LogP contribution in [0.25, 0.3) is 0 Å². The van der Waals surface area contributed by atoms with Gasteiger partial charge in [-0.2, -0.15) is 0 Å². The van der Waals surface area contributed by atoms with Crippen molar-refractivity contribution in [2.75, 3.05) is 20.3 Å². The number of ether oxygens (including phenoxy) is 1. The van der Waals surface area contributed by atoms with Crippen molar-refractivity contribution in [2.24, 2.45) is 0 Å². The van der Waals surface area contributed by atoms with Crippen molar-refractivity contribution < 1.29 is 34.0 Å². The molecule has 2 rings (SSSR count). The number of methoxy groups -OCH3 is 1. The minimum Gasteiger partial charge on any atom is -0.501 e. The van der Waals surface area contributed by atoms with E-state index in [1.54, 1.807) is 40.7 Å². The molecule has 0 bridgehead atoms. The van der Waals surface area contributed by atoms with Crippen molar-refractivity contribution in [3.8, 4) is 5.75 Å². The summed E-state index contributed by atoms with van der Waals surface area (Å²) in [6.45, 7) is 8.02. The number of nitrogens with zero attached hydrogens (tertiary/aromatic N) is 2. The van der Waals surface area contributed by atoms with Crippen molar-refractivity contribution in [1.82, 2.24) is 20.2 Å². The SMILES string of the molecule is COC(C)(CO)CCC(CN(C(=O)O)C(C)(C)C)c1nc(C(=O)NCc2ccc(F)c(C)c2)c(O)c(=O)[nH]1. The Balaban J connectivity index is 2.43. The molecule has 2 amide bonds. The van der Waals surface area contributed by atoms with Crippen LogP contribution in [0.5, 0.6) is 5.75 Å². The molecule has 5 N–H and O–H groups in total. The van der Waals surface area contributed by atoms with Crippen LogP contribution >= 0.6 is 0 Å². The van der Waals surface area contributed by atoms with Gasteiger partial charge in [0.2, 0.25) is 5.75 Å². The Bertz CT molecular complexity index is 1210. The van der Waals surface area contributed by atoms with Gasteiger partial charge in [-0.25, -0.2) is 14.2 Å². The summed E-state index contributed by atoms with van der Waals surface area (Å²) in [4.78, 5) is 45.4. The van der Waals surface area contributed by atoms with E-state index >= 15 is 0 Å². The molecule has 0 fully saturated rings. The maximum atomic E-state index is 13.5. The van der Waals surface area contributed by atoms with E-state index in [9.17, 15) is 34.1 Å². The highest BCUT2D eigenvalue weighted by Gasteiger charge is 2.33. The first kappa shape index (κ1) is 30.7. The number of hydrogen-bond acceptors (Lipinski definition) is 7. The summed E-state index contributed by atoms with van der Waals surface area (Å²) >= 11 is 0. The number of amides is 2. The number of hydrogen-bond donors (Lipinski definition) is 5. The van der Waals surface area contributed by atoms with E-state index in [4.69, 9.17) is 4.74 Å². The zero-order chi connectivity index (χ0) is 28.8. The summed E-state index contributed by atoms with van der Waals surface area (Å²) in [5.41, 5.74) is -2.22. The normalized spacial score (nSPS) is 14.0. The first-order valence-corrected chi connectivity index (χ1v) is 12.1. The number of benzene rings is 1. The average molecular weight is 537 g/mol. The van der Waals surface area contributed by atoms with Crippen LogP contribution in [0.3, 0.4) is 0 Å². The number of aliphatic hydroxyl groups is 1. The number of carbonyl (C=O) groups is 2. The van der Waals surface area contributed by atoms with Gasteiger partial charge in [-0.15, -0.1) is 0 Å². The smallest absolute Gasteiger partial charge is 0.407 e. The van der Waals surface area contributed by atoms with Crippen LogP contribution in [0.1, 0.15) is 73.9 Å². The molecular formula is C26H37FN4O7. The van der Waals surface area contributed by atoms with Gasteiger partial charge in [0.15, 0.2) is 5.69 Å². The van der Waals surface area contributed by atoms with Gasteiger partial charge in [0.05, 0.1) is 12.2 Å². The van der Waals surface area contributed by atoms with Gasteiger partial charge in [0, 0.05) is 31.7 Å². The molecule has 0 saturated carbocycles. The lowest BCUT2D eigenvalue weighted by molar-refractivity contribution is -0.0462. The fourth-order valence-corrected chi connectivity index (χ4v) is 3.82. The second-order valence-electron chi connectivity index (χ2n) is 10.5. The maximum absolute atomic E-state index is 13.5. The fourth-order valence-electron chi connectivity index (χ4n) is 3.82. The van der Waals surface area contributed by atoms with Crippen LogP contribution in [0, 0.1) is 12.7 Å². The monoisotopic (exact) mass is 536 g/mol. The van der Waals surface area contributed by atoms with Crippen molar-refractivity contribution in [2.45, 2.75) is 71.1 Å². The van der Waals surface area contributed by atoms with E-state index in [-0.39, 0.29) is 44.2 Å². The lowest BCUT2D eigenvalue weighted by Crippen LogP contribution is -2.47. The minimum atomic E-state index is -1.19. The number of halogens is 1. The van der Waals surface area contributed by atoms with E-state index in [0.717, 1.165) is 0 Å². The molecule has 12 heteroatoms. The first-order chi connectivity index (χ1) is 17.6. The molecule has 0 saturated heterocycles. The van der Waals surface area contributed by atoms with Crippen molar-refractivity contribution in [3.05, 3.63) is 57.0 Å². The van der Waals surface area contributed by atoms with Gasteiger partial charge in [-0.05, 0) is 64.7 Å². The Morgan fingerprint density at radius 3 is 2.45 bits per heavy atom. The molecule has 38 heavy (non-hydrogen) atoms. The highest BCUT2D eigenvalue weighted by atomic mass is 19.1. The largest absolute Gasteiger partial charge is 0.501 e. The average Bonchev–Trinajstić information content (AvgIpc) is 2.85. The standard InChI is InChI=1S/C26H37FN4O7/c1-15-11-16(7-8-18(15)27)12-28-22(34)19-20(33)23(35)30-21(29-19)17(9-10-26(5,14-32)38-6)13-31(24(36)37)25(2,3)4/h7-8,11,17,32-33H,9-10,12-14H2,1-6H3,(H,28,34)(H,36,37)(H,29,30,35). The number of carbonyl (C=O) groups excluding carboxylic acids is 1. The molecule has 1 aromatic heterocycles. The van der Waals surface area contributed by atoms with E-state index in [2.05, 4.69) is 15.3 Å². The van der Waals surface area contributed by atoms with Crippen LogP contribution in [0.2, 0.25) is 0 Å². The highest BCUT2D eigenvalue weighted by molar-refractivity contribution is 5.94. The third-order valence-electron chi connectivity index (χ3n) is 6.48. The van der Waals surface area contributed by atoms with Crippen LogP contribution in [-0.4, -0.2) is 73.6 Å². The Morgan fingerprint density at radius 2 is 1.92 bits per heavy atom. The van der Waals surface area contributed by atoms with Crippen LogP contribution in [-0.2, 0) is 11.3 Å². The summed E-state index contributed by atoms with van der Waals surface area (Å²) in [5.74, 6) is -2.82. The fraction of sp³-hybridized carbons (Fsp3) is 0.538. The Morgan fingerprint density at radius 1 is 1.26 bits per heavy atom. The number of aromatic amines is 1. The molecule has 2 atom stereocenters. The molecule has 0 aliphatic rings. The number of nitrogens with one attached hydrogen (secondary N) is 2. The van der Waals surface area contributed by atoms with Gasteiger partial charge in [0.25, 0.3) is 11.5 Å².